The Labute approximate surface area is 96.3 Å². The fourth-order valence-corrected chi connectivity index (χ4v) is 2.93. The van der Waals surface area contributed by atoms with E-state index in [1.54, 1.807) is 6.92 Å². The van der Waals surface area contributed by atoms with E-state index in [2.05, 4.69) is 6.07 Å². The summed E-state index contributed by atoms with van der Waals surface area (Å²) < 4.78 is 0. The number of benzene rings is 1. The summed E-state index contributed by atoms with van der Waals surface area (Å²) in [5.74, 6) is 0.0896. The number of aryl methyl sites for hydroxylation is 1. The summed E-state index contributed by atoms with van der Waals surface area (Å²) in [4.78, 5) is 12.0. The van der Waals surface area contributed by atoms with Gasteiger partial charge in [-0.15, -0.1) is 0 Å². The zero-order chi connectivity index (χ0) is 11.8. The molecule has 1 aromatic carbocycles. The van der Waals surface area contributed by atoms with Gasteiger partial charge in [0.05, 0.1) is 11.5 Å². The molecule has 0 aliphatic heterocycles. The van der Waals surface area contributed by atoms with E-state index in [1.807, 2.05) is 25.1 Å². The molecule has 2 heteroatoms. The van der Waals surface area contributed by atoms with Crippen LogP contribution in [0.25, 0.3) is 0 Å². The number of rotatable bonds is 3. The molecule has 1 N–H and O–H groups in total. The van der Waals surface area contributed by atoms with Gasteiger partial charge in [0.25, 0.3) is 0 Å². The fourth-order valence-electron chi connectivity index (χ4n) is 2.93. The molecule has 0 bridgehead atoms. The van der Waals surface area contributed by atoms with Crippen molar-refractivity contribution >= 4 is 5.78 Å². The van der Waals surface area contributed by atoms with Crippen molar-refractivity contribution in [1.82, 2.24) is 0 Å². The molecule has 16 heavy (non-hydrogen) atoms. The van der Waals surface area contributed by atoms with Crippen LogP contribution in [-0.4, -0.2) is 17.0 Å². The highest BCUT2D eigenvalue weighted by molar-refractivity contribution is 5.90. The Balaban J connectivity index is 2.56. The normalized spacial score (nSPS) is 25.2. The number of ketones is 1. The predicted octanol–water partition coefficient (Wildman–Crippen LogP) is 2.23. The Morgan fingerprint density at radius 2 is 2.19 bits per heavy atom. The summed E-state index contributed by atoms with van der Waals surface area (Å²) >= 11 is 0. The Morgan fingerprint density at radius 1 is 1.50 bits per heavy atom. The van der Waals surface area contributed by atoms with Crippen molar-refractivity contribution in [2.24, 2.45) is 0 Å². The number of hydrogen-bond acceptors (Lipinski definition) is 2. The van der Waals surface area contributed by atoms with Gasteiger partial charge in [-0.2, -0.15) is 0 Å². The van der Waals surface area contributed by atoms with Crippen LogP contribution in [0, 0.1) is 0 Å². The SMILES string of the molecule is CC[C@H](O)[C@]1(C(C)=O)CCc2ccccc21. The van der Waals surface area contributed by atoms with Crippen LogP contribution < -0.4 is 0 Å². The smallest absolute Gasteiger partial charge is 0.142 e. The van der Waals surface area contributed by atoms with Gasteiger partial charge in [-0.3, -0.25) is 4.79 Å². The molecular weight excluding hydrogens is 200 g/mol. The molecule has 2 rings (SSSR count). The Morgan fingerprint density at radius 3 is 2.81 bits per heavy atom. The van der Waals surface area contributed by atoms with Gasteiger partial charge in [0.1, 0.15) is 5.78 Å². The van der Waals surface area contributed by atoms with E-state index in [4.69, 9.17) is 0 Å². The number of Topliss-reactive ketones (excluding diaryl/α,β-unsaturated/α-hetero) is 1. The average Bonchev–Trinajstić information content (AvgIpc) is 2.68. The van der Waals surface area contributed by atoms with Gasteiger partial charge in [-0.05, 0) is 37.3 Å². The Kier molecular flexibility index (Phi) is 2.85. The topological polar surface area (TPSA) is 37.3 Å². The second kappa shape index (κ2) is 4.02. The van der Waals surface area contributed by atoms with Gasteiger partial charge in [-0.1, -0.05) is 31.2 Å². The van der Waals surface area contributed by atoms with E-state index in [9.17, 15) is 9.90 Å². The summed E-state index contributed by atoms with van der Waals surface area (Å²) in [5, 5.41) is 10.2. The van der Waals surface area contributed by atoms with Crippen molar-refractivity contribution in [3.8, 4) is 0 Å². The van der Waals surface area contributed by atoms with E-state index in [1.165, 1.54) is 5.56 Å². The maximum absolute atomic E-state index is 12.0. The van der Waals surface area contributed by atoms with Gasteiger partial charge < -0.3 is 5.11 Å². The average molecular weight is 218 g/mol. The third kappa shape index (κ3) is 1.40. The van der Waals surface area contributed by atoms with Crippen molar-refractivity contribution in [3.63, 3.8) is 0 Å². The number of hydrogen-bond donors (Lipinski definition) is 1. The first-order valence-corrected chi connectivity index (χ1v) is 5.90. The van der Waals surface area contributed by atoms with E-state index >= 15 is 0 Å². The number of carbonyl (C=O) groups is 1. The van der Waals surface area contributed by atoms with Gasteiger partial charge >= 0.3 is 0 Å². The molecule has 1 aromatic rings. The van der Waals surface area contributed by atoms with Crippen LogP contribution in [0.15, 0.2) is 24.3 Å². The van der Waals surface area contributed by atoms with Crippen LogP contribution in [0.4, 0.5) is 0 Å². The third-order valence-electron chi connectivity index (χ3n) is 3.87. The van der Waals surface area contributed by atoms with E-state index < -0.39 is 11.5 Å². The summed E-state index contributed by atoms with van der Waals surface area (Å²) in [6.45, 7) is 3.53. The maximum atomic E-state index is 12.0. The first-order valence-electron chi connectivity index (χ1n) is 5.90. The Hall–Kier alpha value is -1.15. The van der Waals surface area contributed by atoms with E-state index in [0.717, 1.165) is 18.4 Å². The molecule has 1 aliphatic carbocycles. The quantitative estimate of drug-likeness (QED) is 0.844. The number of fused-ring (bicyclic) bond motifs is 1. The highest BCUT2D eigenvalue weighted by Crippen LogP contribution is 2.43. The van der Waals surface area contributed by atoms with Crippen LogP contribution in [-0.2, 0) is 16.6 Å². The van der Waals surface area contributed by atoms with Crippen LogP contribution >= 0.6 is 0 Å². The van der Waals surface area contributed by atoms with Crippen molar-refractivity contribution in [2.45, 2.75) is 44.6 Å². The summed E-state index contributed by atoms with van der Waals surface area (Å²) in [5.41, 5.74) is 1.60. The van der Waals surface area contributed by atoms with Crippen LogP contribution in [0.5, 0.6) is 0 Å². The minimum absolute atomic E-state index is 0.0896. The highest BCUT2D eigenvalue weighted by Gasteiger charge is 2.47. The standard InChI is InChI=1S/C14H18O2/c1-3-13(16)14(10(2)15)9-8-11-6-4-5-7-12(11)14/h4-7,13,16H,3,8-9H2,1-2H3/t13-,14-/m0/s1. The van der Waals surface area contributed by atoms with Crippen molar-refractivity contribution in [1.29, 1.82) is 0 Å². The molecule has 0 amide bonds. The molecule has 2 atom stereocenters. The van der Waals surface area contributed by atoms with Gasteiger partial charge in [0, 0.05) is 0 Å². The molecule has 0 aromatic heterocycles. The fraction of sp³-hybridized carbons (Fsp3) is 0.500. The van der Waals surface area contributed by atoms with Crippen molar-refractivity contribution < 1.29 is 9.90 Å². The third-order valence-corrected chi connectivity index (χ3v) is 3.87. The molecule has 1 aliphatic rings. The minimum Gasteiger partial charge on any atom is -0.392 e. The van der Waals surface area contributed by atoms with Crippen molar-refractivity contribution in [3.05, 3.63) is 35.4 Å². The molecular formula is C14H18O2. The summed E-state index contributed by atoms with van der Waals surface area (Å²) in [7, 11) is 0. The molecule has 0 radical (unpaired) electrons. The molecule has 0 spiro atoms. The molecule has 0 saturated carbocycles. The molecule has 86 valence electrons. The lowest BCUT2D eigenvalue weighted by atomic mass is 9.73. The monoisotopic (exact) mass is 218 g/mol. The minimum atomic E-state index is -0.647. The molecule has 0 saturated heterocycles. The zero-order valence-electron chi connectivity index (χ0n) is 9.86. The van der Waals surface area contributed by atoms with Crippen molar-refractivity contribution in [2.75, 3.05) is 0 Å². The molecule has 2 nitrogen and oxygen atoms in total. The zero-order valence-corrected chi connectivity index (χ0v) is 9.86. The maximum Gasteiger partial charge on any atom is 0.142 e. The van der Waals surface area contributed by atoms with Crippen LogP contribution in [0.3, 0.4) is 0 Å². The van der Waals surface area contributed by atoms with E-state index in [-0.39, 0.29) is 5.78 Å². The Bertz CT molecular complexity index is 411. The number of carbonyl (C=O) groups excluding carboxylic acids is 1. The number of aliphatic hydroxyl groups excluding tert-OH is 1. The molecule has 0 heterocycles. The number of aliphatic hydroxyl groups is 1. The summed E-state index contributed by atoms with van der Waals surface area (Å²) in [6, 6.07) is 7.99. The summed E-state index contributed by atoms with van der Waals surface area (Å²) in [6.07, 6.45) is 1.70. The van der Waals surface area contributed by atoms with E-state index in [0.29, 0.717) is 6.42 Å². The lowest BCUT2D eigenvalue weighted by molar-refractivity contribution is -0.126. The molecule has 0 fully saturated rings. The second-order valence-electron chi connectivity index (χ2n) is 4.61. The first kappa shape index (κ1) is 11.3. The van der Waals surface area contributed by atoms with Gasteiger partial charge in [0.2, 0.25) is 0 Å². The highest BCUT2D eigenvalue weighted by atomic mass is 16.3. The van der Waals surface area contributed by atoms with Crippen LogP contribution in [0.1, 0.15) is 37.8 Å². The van der Waals surface area contributed by atoms with Crippen LogP contribution in [0.2, 0.25) is 0 Å². The lowest BCUT2D eigenvalue weighted by Crippen LogP contribution is -2.43. The molecule has 0 unspecified atom stereocenters. The first-order chi connectivity index (χ1) is 7.63. The second-order valence-corrected chi connectivity index (χ2v) is 4.61. The van der Waals surface area contributed by atoms with Gasteiger partial charge in [0.15, 0.2) is 0 Å². The largest absolute Gasteiger partial charge is 0.392 e. The predicted molar refractivity (Wildman–Crippen MR) is 63.4 cm³/mol. The lowest BCUT2D eigenvalue weighted by Gasteiger charge is -2.32. The van der Waals surface area contributed by atoms with Gasteiger partial charge in [-0.25, -0.2) is 0 Å².